The van der Waals surface area contributed by atoms with Gasteiger partial charge in [-0.2, -0.15) is 8.42 Å². The molecule has 1 aromatic carbocycles. The lowest BCUT2D eigenvalue weighted by Gasteiger charge is -2.08. The maximum absolute atomic E-state index is 9.19. The highest BCUT2D eigenvalue weighted by molar-refractivity contribution is 7.85. The van der Waals surface area contributed by atoms with Crippen LogP contribution in [0.15, 0.2) is 24.3 Å². The van der Waals surface area contributed by atoms with E-state index in [0.29, 0.717) is 24.2 Å². The van der Waals surface area contributed by atoms with E-state index in [1.165, 1.54) is 0 Å². The molecule has 1 rings (SSSR count). The number of rotatable bonds is 4. The summed E-state index contributed by atoms with van der Waals surface area (Å²) in [6.07, 6.45) is 1.67. The standard InChI is InChI=1S/C10H14N2O.CH4O3S/c1-2-7-13-9-6-4-3-5-8(9)10(11)12;1-5(2,3)4/h3-6H,2,7H2,1H3,(H3,11,12);1H3,(H,2,3,4). The van der Waals surface area contributed by atoms with E-state index >= 15 is 0 Å². The van der Waals surface area contributed by atoms with E-state index in [0.717, 1.165) is 6.42 Å². The molecule has 7 heteroatoms. The second-order valence-electron chi connectivity index (χ2n) is 3.49. The molecule has 0 unspecified atom stereocenters. The molecule has 0 aliphatic rings. The Balaban J connectivity index is 0.000000494. The van der Waals surface area contributed by atoms with E-state index in [9.17, 15) is 8.42 Å². The van der Waals surface area contributed by atoms with Crippen LogP contribution in [-0.2, 0) is 10.1 Å². The zero-order valence-electron chi connectivity index (χ0n) is 10.4. The molecule has 18 heavy (non-hydrogen) atoms. The molecule has 1 aromatic rings. The monoisotopic (exact) mass is 274 g/mol. The van der Waals surface area contributed by atoms with Gasteiger partial charge in [-0.25, -0.2) is 0 Å². The van der Waals surface area contributed by atoms with Crippen LogP contribution < -0.4 is 10.5 Å². The van der Waals surface area contributed by atoms with Gasteiger partial charge < -0.3 is 10.5 Å². The van der Waals surface area contributed by atoms with Crippen LogP contribution in [0.2, 0.25) is 0 Å². The minimum Gasteiger partial charge on any atom is -0.493 e. The van der Waals surface area contributed by atoms with Crippen LogP contribution in [0, 0.1) is 5.41 Å². The quantitative estimate of drug-likeness (QED) is 0.434. The molecule has 0 saturated heterocycles. The largest absolute Gasteiger partial charge is 0.493 e. The van der Waals surface area contributed by atoms with Crippen molar-refractivity contribution in [3.63, 3.8) is 0 Å². The summed E-state index contributed by atoms with van der Waals surface area (Å²) in [5.41, 5.74) is 6.05. The van der Waals surface area contributed by atoms with Crippen molar-refractivity contribution >= 4 is 16.0 Å². The van der Waals surface area contributed by atoms with Crippen LogP contribution in [0.3, 0.4) is 0 Å². The number of hydrogen-bond donors (Lipinski definition) is 3. The van der Waals surface area contributed by atoms with E-state index in [2.05, 4.69) is 0 Å². The minimum atomic E-state index is -3.67. The van der Waals surface area contributed by atoms with Crippen molar-refractivity contribution in [2.75, 3.05) is 12.9 Å². The van der Waals surface area contributed by atoms with Gasteiger partial charge in [0, 0.05) is 0 Å². The van der Waals surface area contributed by atoms with Crippen LogP contribution in [0.25, 0.3) is 0 Å². The Morgan fingerprint density at radius 3 is 2.39 bits per heavy atom. The number of benzene rings is 1. The third kappa shape index (κ3) is 8.54. The van der Waals surface area contributed by atoms with Crippen LogP contribution in [-0.4, -0.2) is 31.7 Å². The van der Waals surface area contributed by atoms with Gasteiger partial charge in [-0.15, -0.1) is 0 Å². The average Bonchev–Trinajstić information content (AvgIpc) is 2.24. The summed E-state index contributed by atoms with van der Waals surface area (Å²) in [6.45, 7) is 2.70. The van der Waals surface area contributed by atoms with Crippen LogP contribution >= 0.6 is 0 Å². The second-order valence-corrected chi connectivity index (χ2v) is 4.96. The first-order chi connectivity index (χ1) is 8.25. The fraction of sp³-hybridized carbons (Fsp3) is 0.364. The van der Waals surface area contributed by atoms with Gasteiger partial charge in [0.05, 0.1) is 18.4 Å². The third-order valence-corrected chi connectivity index (χ3v) is 1.64. The van der Waals surface area contributed by atoms with Gasteiger partial charge in [0.2, 0.25) is 0 Å². The molecule has 0 fully saturated rings. The highest BCUT2D eigenvalue weighted by atomic mass is 32.2. The summed E-state index contributed by atoms with van der Waals surface area (Å²) >= 11 is 0. The molecule has 4 N–H and O–H groups in total. The van der Waals surface area contributed by atoms with Crippen molar-refractivity contribution in [2.24, 2.45) is 5.73 Å². The van der Waals surface area contributed by atoms with E-state index in [1.54, 1.807) is 6.07 Å². The number of ether oxygens (including phenoxy) is 1. The average molecular weight is 274 g/mol. The van der Waals surface area contributed by atoms with Gasteiger partial charge in [0.1, 0.15) is 11.6 Å². The predicted molar refractivity (Wildman–Crippen MR) is 70.7 cm³/mol. The SMILES string of the molecule is CCCOc1ccccc1C(=N)N.CS(=O)(=O)O. The maximum Gasteiger partial charge on any atom is 0.261 e. The van der Waals surface area contributed by atoms with Gasteiger partial charge in [-0.3, -0.25) is 9.96 Å². The fourth-order valence-electron chi connectivity index (χ4n) is 1.03. The first kappa shape index (κ1) is 16.4. The molecule has 0 heterocycles. The van der Waals surface area contributed by atoms with Crippen molar-refractivity contribution in [3.8, 4) is 5.75 Å². The molecule has 0 saturated carbocycles. The first-order valence-electron chi connectivity index (χ1n) is 5.24. The lowest BCUT2D eigenvalue weighted by atomic mass is 10.2. The number of nitrogen functional groups attached to an aromatic ring is 1. The Labute approximate surface area is 107 Å². The number of hydrogen-bond acceptors (Lipinski definition) is 4. The fourth-order valence-corrected chi connectivity index (χ4v) is 1.03. The molecule has 0 amide bonds. The van der Waals surface area contributed by atoms with Crippen molar-refractivity contribution in [1.82, 2.24) is 0 Å². The molecular formula is C11H18N2O4S. The van der Waals surface area contributed by atoms with Gasteiger partial charge in [0.25, 0.3) is 10.1 Å². The Morgan fingerprint density at radius 1 is 1.44 bits per heavy atom. The van der Waals surface area contributed by atoms with Gasteiger partial charge >= 0.3 is 0 Å². The lowest BCUT2D eigenvalue weighted by molar-refractivity contribution is 0.317. The Hall–Kier alpha value is -1.60. The normalized spacial score (nSPS) is 10.2. The van der Waals surface area contributed by atoms with Crippen molar-refractivity contribution in [1.29, 1.82) is 5.41 Å². The summed E-state index contributed by atoms with van der Waals surface area (Å²) in [6, 6.07) is 7.33. The van der Waals surface area contributed by atoms with Crippen molar-refractivity contribution in [3.05, 3.63) is 29.8 Å². The number of para-hydroxylation sites is 1. The summed E-state index contributed by atoms with van der Waals surface area (Å²) in [5.74, 6) is 0.739. The van der Waals surface area contributed by atoms with Crippen LogP contribution in [0.1, 0.15) is 18.9 Å². The van der Waals surface area contributed by atoms with Crippen LogP contribution in [0.5, 0.6) is 5.75 Å². The van der Waals surface area contributed by atoms with E-state index in [1.807, 2.05) is 25.1 Å². The van der Waals surface area contributed by atoms with Crippen LogP contribution in [0.4, 0.5) is 0 Å². The predicted octanol–water partition coefficient (Wildman–Crippen LogP) is 1.26. The molecule has 0 atom stereocenters. The summed E-state index contributed by atoms with van der Waals surface area (Å²) in [7, 11) is -3.67. The zero-order valence-corrected chi connectivity index (χ0v) is 11.2. The Morgan fingerprint density at radius 2 is 1.94 bits per heavy atom. The van der Waals surface area contributed by atoms with E-state index in [-0.39, 0.29) is 5.84 Å². The molecule has 0 bridgehead atoms. The minimum absolute atomic E-state index is 0.0479. The topological polar surface area (TPSA) is 113 Å². The van der Waals surface area contributed by atoms with Crippen molar-refractivity contribution < 1.29 is 17.7 Å². The summed E-state index contributed by atoms with van der Waals surface area (Å²) in [5, 5.41) is 7.31. The zero-order chi connectivity index (χ0) is 14.2. The number of nitrogens with two attached hydrogens (primary N) is 1. The van der Waals surface area contributed by atoms with E-state index in [4.69, 9.17) is 20.4 Å². The van der Waals surface area contributed by atoms with Gasteiger partial charge in [-0.1, -0.05) is 19.1 Å². The molecule has 6 nitrogen and oxygen atoms in total. The Kier molecular flexibility index (Phi) is 6.99. The molecular weight excluding hydrogens is 256 g/mol. The molecule has 0 aliphatic heterocycles. The molecule has 0 spiro atoms. The number of nitrogens with one attached hydrogen (secondary N) is 1. The van der Waals surface area contributed by atoms with Gasteiger partial charge in [-0.05, 0) is 18.6 Å². The molecule has 0 radical (unpaired) electrons. The first-order valence-corrected chi connectivity index (χ1v) is 7.09. The van der Waals surface area contributed by atoms with Gasteiger partial charge in [0.15, 0.2) is 0 Å². The highest BCUT2D eigenvalue weighted by Crippen LogP contribution is 2.16. The smallest absolute Gasteiger partial charge is 0.261 e. The molecule has 0 aromatic heterocycles. The molecule has 0 aliphatic carbocycles. The summed E-state index contributed by atoms with van der Waals surface area (Å²) < 4.78 is 31.3. The third-order valence-electron chi connectivity index (χ3n) is 1.64. The van der Waals surface area contributed by atoms with Crippen molar-refractivity contribution in [2.45, 2.75) is 13.3 Å². The summed E-state index contributed by atoms with van der Waals surface area (Å²) in [4.78, 5) is 0. The second kappa shape index (κ2) is 7.67. The Bertz CT molecular complexity index is 478. The molecule has 102 valence electrons. The number of amidine groups is 1. The highest BCUT2D eigenvalue weighted by Gasteiger charge is 2.03. The lowest BCUT2D eigenvalue weighted by Crippen LogP contribution is -2.13. The van der Waals surface area contributed by atoms with E-state index < -0.39 is 10.1 Å². The maximum atomic E-state index is 9.19.